The van der Waals surface area contributed by atoms with Crippen molar-refractivity contribution < 1.29 is 47.0 Å². The van der Waals surface area contributed by atoms with Crippen LogP contribution in [0, 0.1) is 6.92 Å². The van der Waals surface area contributed by atoms with E-state index >= 15 is 0 Å². The number of aliphatic hydroxyl groups is 1. The molecule has 0 spiro atoms. The number of aliphatic hydroxyl groups excluding tert-OH is 1. The molecule has 7 nitrogen and oxygen atoms in total. The van der Waals surface area contributed by atoms with Gasteiger partial charge in [0.05, 0.1) is 18.2 Å². The molecule has 1 aliphatic rings. The Morgan fingerprint density at radius 3 is 2.28 bits per heavy atom. The lowest BCUT2D eigenvalue weighted by Crippen LogP contribution is -2.22. The highest BCUT2D eigenvalue weighted by Crippen LogP contribution is 2.45. The number of rotatable bonds is 8. The van der Waals surface area contributed by atoms with E-state index in [2.05, 4.69) is 4.74 Å². The number of allylic oxidation sites excluding steroid dienone is 2. The molecule has 3 aromatic rings. The van der Waals surface area contributed by atoms with Crippen LogP contribution in [-0.2, 0) is 11.2 Å². The number of aryl methyl sites for hydroxylation is 1. The van der Waals surface area contributed by atoms with E-state index in [1.54, 1.807) is 67.0 Å². The van der Waals surface area contributed by atoms with Crippen LogP contribution in [-0.4, -0.2) is 46.2 Å². The molecule has 0 saturated heterocycles. The molecule has 39 heavy (non-hydrogen) atoms. The Balaban J connectivity index is 1.84. The largest absolute Gasteiger partial charge is 0.573 e. The number of carbonyl (C=O) groups is 1. The molecular weight excluding hydrogens is 515 g/mol. The van der Waals surface area contributed by atoms with Gasteiger partial charge in [-0.25, -0.2) is 4.79 Å². The average Bonchev–Trinajstić information content (AvgIpc) is 3.14. The summed E-state index contributed by atoms with van der Waals surface area (Å²) in [6, 6.07) is 16.1. The molecule has 1 aliphatic heterocycles. The van der Waals surface area contributed by atoms with Crippen molar-refractivity contribution in [3.05, 3.63) is 88.6 Å². The highest BCUT2D eigenvalue weighted by atomic mass is 19.4. The van der Waals surface area contributed by atoms with E-state index in [0.29, 0.717) is 45.1 Å². The number of hydrogen-bond acceptors (Lipinski definition) is 4. The molecule has 0 bridgehead atoms. The predicted octanol–water partition coefficient (Wildman–Crippen LogP) is 6.39. The Labute approximate surface area is 223 Å². The first-order valence-corrected chi connectivity index (χ1v) is 12.0. The quantitative estimate of drug-likeness (QED) is 0.253. The van der Waals surface area contributed by atoms with E-state index in [9.17, 15) is 23.1 Å². The van der Waals surface area contributed by atoms with Crippen LogP contribution in [0.2, 0.25) is 0 Å². The fourth-order valence-electron chi connectivity index (χ4n) is 4.51. The molecule has 0 aromatic heterocycles. The van der Waals surface area contributed by atoms with E-state index in [-0.39, 0.29) is 18.1 Å². The smallest absolute Gasteiger partial charge is 0.497 e. The molecule has 1 atom stereocenters. The molecule has 3 aromatic carbocycles. The molecule has 0 amide bonds. The fourth-order valence-corrected chi connectivity index (χ4v) is 4.51. The van der Waals surface area contributed by atoms with Crippen LogP contribution >= 0.6 is 0 Å². The number of fused-ring (bicyclic) bond motifs is 1. The summed E-state index contributed by atoms with van der Waals surface area (Å²) in [5, 5.41) is 20.5. The number of carboxylic acid groups (broad SMARTS) is 1. The Kier molecular flexibility index (Phi) is 7.58. The third-order valence-corrected chi connectivity index (χ3v) is 6.33. The molecule has 204 valence electrons. The topological polar surface area (TPSA) is 88.2 Å². The number of hydrogen-bond donors (Lipinski definition) is 2. The molecule has 1 heterocycles. The highest BCUT2D eigenvalue weighted by molar-refractivity contribution is 5.93. The molecule has 0 radical (unpaired) electrons. The van der Waals surface area contributed by atoms with Gasteiger partial charge in [-0.05, 0) is 67.9 Å². The first kappa shape index (κ1) is 27.6. The number of methoxy groups -OCH3 is 1. The maximum atomic E-state index is 13.1. The molecule has 0 saturated carbocycles. The van der Waals surface area contributed by atoms with E-state index in [0.717, 1.165) is 5.56 Å². The summed E-state index contributed by atoms with van der Waals surface area (Å²) in [6.07, 6.45) is -5.68. The Bertz CT molecular complexity index is 1480. The lowest BCUT2D eigenvalue weighted by atomic mass is 9.96. The lowest BCUT2D eigenvalue weighted by molar-refractivity contribution is -0.388. The number of nitrogens with zero attached hydrogens (tertiary/aromatic N) is 1. The number of alkyl halides is 3. The summed E-state index contributed by atoms with van der Waals surface area (Å²) in [5.74, 6) is -0.649. The predicted molar refractivity (Wildman–Crippen MR) is 138 cm³/mol. The van der Waals surface area contributed by atoms with Crippen molar-refractivity contribution >= 4 is 23.1 Å². The van der Waals surface area contributed by atoms with Gasteiger partial charge in [-0.15, -0.1) is 17.7 Å². The average molecular weight is 543 g/mol. The van der Waals surface area contributed by atoms with Gasteiger partial charge >= 0.3 is 18.2 Å². The number of ether oxygens (including phenoxy) is 3. The molecule has 10 heteroatoms. The standard InChI is InChI=1S/C29H26F3NO6/c1-16-12-23(39-29(30,31)32)15-25-24(14-19-6-5-7-22(13-19)38-18(3)28(35)36)17(2)33(26(16)25)27(34)20-8-10-21(37-4)11-9-20/h5-13,15,18H,14H2,1-4H3,(H,35,36)/p+1/t18-/m0/s1. The lowest BCUT2D eigenvalue weighted by Gasteiger charge is -2.12. The van der Waals surface area contributed by atoms with Crippen molar-refractivity contribution in [2.75, 3.05) is 7.11 Å². The Morgan fingerprint density at radius 1 is 0.974 bits per heavy atom. The van der Waals surface area contributed by atoms with E-state index in [1.807, 2.05) is 0 Å². The normalized spacial score (nSPS) is 15.1. The molecule has 0 aliphatic carbocycles. The third-order valence-electron chi connectivity index (χ3n) is 6.33. The van der Waals surface area contributed by atoms with Crippen molar-refractivity contribution in [3.63, 3.8) is 0 Å². The number of carboxylic acids is 1. The van der Waals surface area contributed by atoms with Crippen LogP contribution in [0.1, 0.15) is 36.1 Å². The first-order chi connectivity index (χ1) is 18.4. The second-order valence-electron chi connectivity index (χ2n) is 9.06. The minimum atomic E-state index is -4.87. The summed E-state index contributed by atoms with van der Waals surface area (Å²) >= 11 is 0. The monoisotopic (exact) mass is 542 g/mol. The first-order valence-electron chi connectivity index (χ1n) is 12.0. The summed E-state index contributed by atoms with van der Waals surface area (Å²) < 4.78 is 55.8. The molecular formula is C29H27F3NO6+. The highest BCUT2D eigenvalue weighted by Gasteiger charge is 2.39. The summed E-state index contributed by atoms with van der Waals surface area (Å²) in [4.78, 5) is 11.2. The Morgan fingerprint density at radius 2 is 1.67 bits per heavy atom. The summed E-state index contributed by atoms with van der Waals surface area (Å²) in [6.45, 7) is 4.83. The minimum Gasteiger partial charge on any atom is -0.497 e. The zero-order valence-electron chi connectivity index (χ0n) is 21.7. The molecule has 0 fully saturated rings. The number of benzene rings is 3. The van der Waals surface area contributed by atoms with Gasteiger partial charge in [-0.2, -0.15) is 0 Å². The van der Waals surface area contributed by atoms with E-state index in [4.69, 9.17) is 14.6 Å². The van der Waals surface area contributed by atoms with Gasteiger partial charge in [0.25, 0.3) is 0 Å². The zero-order valence-corrected chi connectivity index (χ0v) is 21.7. The van der Waals surface area contributed by atoms with Crippen LogP contribution < -0.4 is 14.2 Å². The minimum absolute atomic E-state index is 0.105. The fraction of sp³-hybridized carbons (Fsp3) is 0.241. The van der Waals surface area contributed by atoms with Gasteiger partial charge in [0.1, 0.15) is 17.2 Å². The summed E-state index contributed by atoms with van der Waals surface area (Å²) in [5.41, 5.74) is 3.94. The number of halogens is 3. The maximum absolute atomic E-state index is 13.1. The van der Waals surface area contributed by atoms with Gasteiger partial charge in [0.2, 0.25) is 5.69 Å². The van der Waals surface area contributed by atoms with Gasteiger partial charge in [0.15, 0.2) is 11.8 Å². The van der Waals surface area contributed by atoms with Crippen molar-refractivity contribution in [1.29, 1.82) is 0 Å². The second kappa shape index (κ2) is 10.7. The van der Waals surface area contributed by atoms with Crippen molar-refractivity contribution in [3.8, 4) is 17.2 Å². The van der Waals surface area contributed by atoms with Crippen LogP contribution in [0.25, 0.3) is 5.57 Å². The van der Waals surface area contributed by atoms with Crippen LogP contribution in [0.5, 0.6) is 17.2 Å². The Hall–Kier alpha value is -4.47. The van der Waals surface area contributed by atoms with Crippen molar-refractivity contribution in [2.45, 2.75) is 39.7 Å². The van der Waals surface area contributed by atoms with Gasteiger partial charge < -0.3 is 24.4 Å². The maximum Gasteiger partial charge on any atom is 0.573 e. The third kappa shape index (κ3) is 6.00. The zero-order chi connectivity index (χ0) is 28.5. The molecule has 4 rings (SSSR count). The van der Waals surface area contributed by atoms with Gasteiger partial charge in [-0.1, -0.05) is 12.1 Å². The van der Waals surface area contributed by atoms with Crippen molar-refractivity contribution in [2.24, 2.45) is 0 Å². The summed E-state index contributed by atoms with van der Waals surface area (Å²) in [7, 11) is 1.53. The van der Waals surface area contributed by atoms with Crippen LogP contribution in [0.4, 0.5) is 18.9 Å². The van der Waals surface area contributed by atoms with Crippen LogP contribution in [0.15, 0.2) is 66.4 Å². The van der Waals surface area contributed by atoms with E-state index in [1.165, 1.54) is 26.2 Å². The SMILES string of the molecule is COc1ccc(C(O)=[N+]2C(C)=C(Cc3cccc(O[C@@H](C)C(=O)O)c3)c3cc(OC(F)(F)F)cc(C)c32)cc1. The number of aliphatic carboxylic acids is 1. The second-order valence-corrected chi connectivity index (χ2v) is 9.06. The van der Waals surface area contributed by atoms with Crippen molar-refractivity contribution in [1.82, 2.24) is 0 Å². The van der Waals surface area contributed by atoms with Crippen LogP contribution in [0.3, 0.4) is 0 Å². The van der Waals surface area contributed by atoms with Gasteiger partial charge in [0, 0.05) is 24.5 Å². The van der Waals surface area contributed by atoms with Gasteiger partial charge in [-0.3, -0.25) is 0 Å². The molecule has 2 N–H and O–H groups in total. The van der Waals surface area contributed by atoms with E-state index < -0.39 is 18.4 Å². The molecule has 0 unspecified atom stereocenters.